The van der Waals surface area contributed by atoms with Crippen LogP contribution in [0.2, 0.25) is 0 Å². The third kappa shape index (κ3) is 2.96. The van der Waals surface area contributed by atoms with Crippen molar-refractivity contribution in [1.29, 1.82) is 0 Å². The highest BCUT2D eigenvalue weighted by molar-refractivity contribution is 9.11. The molecule has 2 rings (SSSR count). The SMILES string of the molecule is Cc1cc(S(=O)(=O)N(C)CC2CCCN2)sc1Br. The Morgan fingerprint density at radius 2 is 2.33 bits per heavy atom. The summed E-state index contributed by atoms with van der Waals surface area (Å²) in [5, 5.41) is 3.32. The van der Waals surface area contributed by atoms with Crippen LogP contribution in [-0.2, 0) is 10.0 Å². The number of nitrogens with zero attached hydrogens (tertiary/aromatic N) is 1. The number of thiophene rings is 1. The number of sulfonamides is 1. The van der Waals surface area contributed by atoms with E-state index in [1.54, 1.807) is 13.1 Å². The molecule has 0 aliphatic carbocycles. The lowest BCUT2D eigenvalue weighted by molar-refractivity contribution is 0.418. The van der Waals surface area contributed by atoms with Crippen molar-refractivity contribution in [2.24, 2.45) is 0 Å². The van der Waals surface area contributed by atoms with E-state index in [2.05, 4.69) is 21.2 Å². The van der Waals surface area contributed by atoms with Gasteiger partial charge in [-0.1, -0.05) is 0 Å². The summed E-state index contributed by atoms with van der Waals surface area (Å²) >= 11 is 4.64. The van der Waals surface area contributed by atoms with Gasteiger partial charge in [0.05, 0.1) is 3.79 Å². The molecule has 1 saturated heterocycles. The lowest BCUT2D eigenvalue weighted by Crippen LogP contribution is -2.38. The predicted octanol–water partition coefficient (Wildman–Crippen LogP) is 2.19. The first-order valence-corrected chi connectivity index (χ1v) is 8.92. The second-order valence-electron chi connectivity index (χ2n) is 4.60. The van der Waals surface area contributed by atoms with Gasteiger partial charge < -0.3 is 5.32 Å². The first-order valence-electron chi connectivity index (χ1n) is 5.87. The van der Waals surface area contributed by atoms with Gasteiger partial charge in [-0.3, -0.25) is 0 Å². The molecule has 0 saturated carbocycles. The molecule has 7 heteroatoms. The summed E-state index contributed by atoms with van der Waals surface area (Å²) in [6.07, 6.45) is 2.18. The monoisotopic (exact) mass is 352 g/mol. The van der Waals surface area contributed by atoms with Crippen LogP contribution in [0, 0.1) is 6.92 Å². The van der Waals surface area contributed by atoms with Crippen LogP contribution in [0.3, 0.4) is 0 Å². The molecule has 1 N–H and O–H groups in total. The molecule has 1 atom stereocenters. The average Bonchev–Trinajstić information content (AvgIpc) is 2.90. The Balaban J connectivity index is 2.14. The molecule has 2 heterocycles. The van der Waals surface area contributed by atoms with Gasteiger partial charge in [0.25, 0.3) is 10.0 Å². The van der Waals surface area contributed by atoms with E-state index in [4.69, 9.17) is 0 Å². The average molecular weight is 353 g/mol. The Bertz CT molecular complexity index is 502. The second kappa shape index (κ2) is 5.58. The maximum absolute atomic E-state index is 12.4. The van der Waals surface area contributed by atoms with Gasteiger partial charge in [-0.2, -0.15) is 4.31 Å². The molecule has 18 heavy (non-hydrogen) atoms. The van der Waals surface area contributed by atoms with Gasteiger partial charge in [0.1, 0.15) is 4.21 Å². The van der Waals surface area contributed by atoms with E-state index in [0.717, 1.165) is 28.7 Å². The molecule has 1 aromatic heterocycles. The largest absolute Gasteiger partial charge is 0.313 e. The normalized spacial score (nSPS) is 20.8. The summed E-state index contributed by atoms with van der Waals surface area (Å²) in [6, 6.07) is 2.01. The molecular weight excluding hydrogens is 336 g/mol. The minimum Gasteiger partial charge on any atom is -0.313 e. The van der Waals surface area contributed by atoms with Crippen molar-refractivity contribution in [3.05, 3.63) is 15.4 Å². The Hall–Kier alpha value is 0.0500. The second-order valence-corrected chi connectivity index (χ2v) is 9.24. The zero-order chi connectivity index (χ0) is 13.3. The minimum absolute atomic E-state index is 0.286. The zero-order valence-electron chi connectivity index (χ0n) is 10.4. The third-order valence-electron chi connectivity index (χ3n) is 3.14. The topological polar surface area (TPSA) is 49.4 Å². The molecule has 1 unspecified atom stereocenters. The molecule has 0 amide bonds. The molecule has 0 aromatic carbocycles. The number of rotatable bonds is 4. The quantitative estimate of drug-likeness (QED) is 0.903. The molecule has 0 radical (unpaired) electrons. The van der Waals surface area contributed by atoms with Crippen molar-refractivity contribution in [2.75, 3.05) is 20.1 Å². The van der Waals surface area contributed by atoms with Crippen LogP contribution >= 0.6 is 27.3 Å². The van der Waals surface area contributed by atoms with Crippen molar-refractivity contribution in [2.45, 2.75) is 30.0 Å². The molecule has 0 spiro atoms. The van der Waals surface area contributed by atoms with Crippen LogP contribution in [0.25, 0.3) is 0 Å². The lowest BCUT2D eigenvalue weighted by Gasteiger charge is -2.20. The maximum atomic E-state index is 12.4. The Morgan fingerprint density at radius 1 is 1.61 bits per heavy atom. The van der Waals surface area contributed by atoms with Crippen LogP contribution in [-0.4, -0.2) is 38.9 Å². The molecule has 1 aliphatic heterocycles. The third-order valence-corrected chi connectivity index (χ3v) is 7.55. The molecular formula is C11H17BrN2O2S2. The van der Waals surface area contributed by atoms with Crippen molar-refractivity contribution in [1.82, 2.24) is 9.62 Å². The van der Waals surface area contributed by atoms with E-state index < -0.39 is 10.0 Å². The van der Waals surface area contributed by atoms with Gasteiger partial charge in [-0.15, -0.1) is 11.3 Å². The zero-order valence-corrected chi connectivity index (χ0v) is 13.7. The van der Waals surface area contributed by atoms with Crippen LogP contribution < -0.4 is 5.32 Å². The van der Waals surface area contributed by atoms with Crippen molar-refractivity contribution >= 4 is 37.3 Å². The Morgan fingerprint density at radius 3 is 2.83 bits per heavy atom. The van der Waals surface area contributed by atoms with Gasteiger partial charge in [0, 0.05) is 19.6 Å². The van der Waals surface area contributed by atoms with Crippen molar-refractivity contribution < 1.29 is 8.42 Å². The summed E-state index contributed by atoms with van der Waals surface area (Å²) in [4.78, 5) is 0. The molecule has 102 valence electrons. The van der Waals surface area contributed by atoms with Gasteiger partial charge in [0.15, 0.2) is 0 Å². The fraction of sp³-hybridized carbons (Fsp3) is 0.636. The summed E-state index contributed by atoms with van der Waals surface area (Å²) in [7, 11) is -1.70. The highest BCUT2D eigenvalue weighted by Gasteiger charge is 2.27. The van der Waals surface area contributed by atoms with Gasteiger partial charge in [-0.05, 0) is 53.9 Å². The Kier molecular flexibility index (Phi) is 4.48. The molecule has 1 aliphatic rings. The first kappa shape index (κ1) is 14.5. The van der Waals surface area contributed by atoms with E-state index in [0.29, 0.717) is 10.8 Å². The van der Waals surface area contributed by atoms with E-state index in [9.17, 15) is 8.42 Å². The van der Waals surface area contributed by atoms with Gasteiger partial charge in [0.2, 0.25) is 0 Å². The molecule has 0 bridgehead atoms. The molecule has 1 fully saturated rings. The van der Waals surface area contributed by atoms with Crippen LogP contribution in [0.1, 0.15) is 18.4 Å². The summed E-state index contributed by atoms with van der Waals surface area (Å²) < 4.78 is 27.5. The predicted molar refractivity (Wildman–Crippen MR) is 77.6 cm³/mol. The van der Waals surface area contributed by atoms with Crippen molar-refractivity contribution in [3.63, 3.8) is 0 Å². The highest BCUT2D eigenvalue weighted by atomic mass is 79.9. The fourth-order valence-electron chi connectivity index (χ4n) is 2.03. The maximum Gasteiger partial charge on any atom is 0.252 e. The lowest BCUT2D eigenvalue weighted by atomic mass is 10.2. The molecule has 4 nitrogen and oxygen atoms in total. The van der Waals surface area contributed by atoms with E-state index in [1.165, 1.54) is 15.6 Å². The summed E-state index contributed by atoms with van der Waals surface area (Å²) in [6.45, 7) is 3.43. The van der Waals surface area contributed by atoms with E-state index in [1.807, 2.05) is 6.92 Å². The fourth-order valence-corrected chi connectivity index (χ4v) is 5.69. The standard InChI is InChI=1S/C11H17BrN2O2S2/c1-8-6-10(17-11(8)12)18(15,16)14(2)7-9-4-3-5-13-9/h6,9,13H,3-5,7H2,1-2H3. The van der Waals surface area contributed by atoms with E-state index >= 15 is 0 Å². The number of nitrogens with one attached hydrogen (secondary N) is 1. The number of hydrogen-bond donors (Lipinski definition) is 1. The summed E-state index contributed by atoms with van der Waals surface area (Å²) in [5.41, 5.74) is 0.964. The van der Waals surface area contributed by atoms with Gasteiger partial charge in [-0.25, -0.2) is 8.42 Å². The number of aryl methyl sites for hydroxylation is 1. The van der Waals surface area contributed by atoms with E-state index in [-0.39, 0.29) is 6.04 Å². The molecule has 1 aromatic rings. The Labute approximate surface area is 121 Å². The summed E-state index contributed by atoms with van der Waals surface area (Å²) in [5.74, 6) is 0. The van der Waals surface area contributed by atoms with Gasteiger partial charge >= 0.3 is 0 Å². The minimum atomic E-state index is -3.35. The van der Waals surface area contributed by atoms with Crippen LogP contribution in [0.4, 0.5) is 0 Å². The highest BCUT2D eigenvalue weighted by Crippen LogP contribution is 2.32. The van der Waals surface area contributed by atoms with Crippen molar-refractivity contribution in [3.8, 4) is 0 Å². The number of likely N-dealkylation sites (N-methyl/N-ethyl adjacent to an activating group) is 1. The number of halogens is 1. The van der Waals surface area contributed by atoms with Crippen LogP contribution in [0.5, 0.6) is 0 Å². The van der Waals surface area contributed by atoms with Crippen LogP contribution in [0.15, 0.2) is 14.1 Å². The first-order chi connectivity index (χ1) is 8.41. The number of hydrogen-bond acceptors (Lipinski definition) is 4. The smallest absolute Gasteiger partial charge is 0.252 e.